The fourth-order valence-electron chi connectivity index (χ4n) is 1.63. The predicted molar refractivity (Wildman–Crippen MR) is 77.1 cm³/mol. The highest BCUT2D eigenvalue weighted by atomic mass is 16.6. The van der Waals surface area contributed by atoms with Gasteiger partial charge in [0.1, 0.15) is 17.5 Å². The molecule has 19 heavy (non-hydrogen) atoms. The smallest absolute Gasteiger partial charge is 0.310 e. The standard InChI is InChI=1S/C16H22O3/c1-6-13-9-7-8-10-14(13)18-12(2)11-15(17)19-16(3,4)5/h6-10,12H,1,11H2,2-5H3. The highest BCUT2D eigenvalue weighted by Crippen LogP contribution is 2.21. The molecule has 1 aromatic rings. The number of ether oxygens (including phenoxy) is 2. The first-order valence-corrected chi connectivity index (χ1v) is 6.42. The molecule has 0 fully saturated rings. The molecule has 0 aromatic heterocycles. The molecule has 1 aromatic carbocycles. The summed E-state index contributed by atoms with van der Waals surface area (Å²) in [6.07, 6.45) is 1.72. The summed E-state index contributed by atoms with van der Waals surface area (Å²) in [4.78, 5) is 11.7. The topological polar surface area (TPSA) is 35.5 Å². The van der Waals surface area contributed by atoms with Gasteiger partial charge in [-0.05, 0) is 33.8 Å². The summed E-state index contributed by atoms with van der Waals surface area (Å²) in [6.45, 7) is 11.1. The summed E-state index contributed by atoms with van der Waals surface area (Å²) >= 11 is 0. The van der Waals surface area contributed by atoms with E-state index in [4.69, 9.17) is 9.47 Å². The van der Waals surface area contributed by atoms with E-state index in [0.717, 1.165) is 11.3 Å². The second kappa shape index (κ2) is 6.41. The van der Waals surface area contributed by atoms with Crippen molar-refractivity contribution < 1.29 is 14.3 Å². The first-order chi connectivity index (χ1) is 8.81. The molecule has 0 saturated heterocycles. The number of hydrogen-bond acceptors (Lipinski definition) is 3. The monoisotopic (exact) mass is 262 g/mol. The third kappa shape index (κ3) is 5.60. The minimum absolute atomic E-state index is 0.225. The summed E-state index contributed by atoms with van der Waals surface area (Å²) in [5.41, 5.74) is 0.453. The van der Waals surface area contributed by atoms with Crippen molar-refractivity contribution in [2.24, 2.45) is 0 Å². The molecule has 0 heterocycles. The van der Waals surface area contributed by atoms with Gasteiger partial charge in [0.2, 0.25) is 0 Å². The lowest BCUT2D eigenvalue weighted by Crippen LogP contribution is -2.27. The van der Waals surface area contributed by atoms with Crippen LogP contribution in [-0.2, 0) is 9.53 Å². The molecule has 0 saturated carbocycles. The lowest BCUT2D eigenvalue weighted by Gasteiger charge is -2.21. The Morgan fingerprint density at radius 1 is 1.37 bits per heavy atom. The summed E-state index contributed by atoms with van der Waals surface area (Å²) in [6, 6.07) is 7.59. The minimum Gasteiger partial charge on any atom is -0.489 e. The van der Waals surface area contributed by atoms with Crippen LogP contribution < -0.4 is 4.74 Å². The van der Waals surface area contributed by atoms with Crippen LogP contribution in [0.25, 0.3) is 6.08 Å². The molecular formula is C16H22O3. The maximum atomic E-state index is 11.7. The van der Waals surface area contributed by atoms with Crippen LogP contribution in [-0.4, -0.2) is 17.7 Å². The average molecular weight is 262 g/mol. The van der Waals surface area contributed by atoms with E-state index in [-0.39, 0.29) is 18.5 Å². The molecule has 3 nitrogen and oxygen atoms in total. The highest BCUT2D eigenvalue weighted by molar-refractivity contribution is 5.70. The van der Waals surface area contributed by atoms with E-state index in [1.54, 1.807) is 6.08 Å². The molecule has 0 amide bonds. The van der Waals surface area contributed by atoms with Crippen molar-refractivity contribution in [3.8, 4) is 5.75 Å². The van der Waals surface area contributed by atoms with Crippen LogP contribution in [0.15, 0.2) is 30.8 Å². The van der Waals surface area contributed by atoms with Crippen LogP contribution in [0.3, 0.4) is 0 Å². The first-order valence-electron chi connectivity index (χ1n) is 6.42. The Morgan fingerprint density at radius 3 is 2.58 bits per heavy atom. The predicted octanol–water partition coefficient (Wildman–Crippen LogP) is 3.83. The van der Waals surface area contributed by atoms with Crippen LogP contribution in [0, 0.1) is 0 Å². The molecule has 1 unspecified atom stereocenters. The van der Waals surface area contributed by atoms with Crippen molar-refractivity contribution in [2.75, 3.05) is 0 Å². The van der Waals surface area contributed by atoms with Crippen LogP contribution in [0.4, 0.5) is 0 Å². The number of esters is 1. The van der Waals surface area contributed by atoms with Gasteiger partial charge in [-0.2, -0.15) is 0 Å². The summed E-state index contributed by atoms with van der Waals surface area (Å²) < 4.78 is 11.0. The minimum atomic E-state index is -0.462. The van der Waals surface area contributed by atoms with Crippen molar-refractivity contribution in [1.29, 1.82) is 0 Å². The fourth-order valence-corrected chi connectivity index (χ4v) is 1.63. The Balaban J connectivity index is 2.58. The van der Waals surface area contributed by atoms with Gasteiger partial charge in [-0.25, -0.2) is 0 Å². The van der Waals surface area contributed by atoms with Gasteiger partial charge in [-0.15, -0.1) is 0 Å². The van der Waals surface area contributed by atoms with E-state index in [2.05, 4.69) is 6.58 Å². The van der Waals surface area contributed by atoms with Crippen molar-refractivity contribution >= 4 is 12.0 Å². The Morgan fingerprint density at radius 2 is 2.00 bits per heavy atom. The zero-order chi connectivity index (χ0) is 14.5. The number of carbonyl (C=O) groups excluding carboxylic acids is 1. The van der Waals surface area contributed by atoms with Crippen molar-refractivity contribution in [1.82, 2.24) is 0 Å². The van der Waals surface area contributed by atoms with E-state index in [9.17, 15) is 4.79 Å². The van der Waals surface area contributed by atoms with Gasteiger partial charge in [-0.3, -0.25) is 4.79 Å². The average Bonchev–Trinajstić information content (AvgIpc) is 2.26. The van der Waals surface area contributed by atoms with E-state index in [1.165, 1.54) is 0 Å². The van der Waals surface area contributed by atoms with Gasteiger partial charge in [0, 0.05) is 5.56 Å². The molecule has 1 rings (SSSR count). The van der Waals surface area contributed by atoms with E-state index in [0.29, 0.717) is 0 Å². The molecule has 0 N–H and O–H groups in total. The number of rotatable bonds is 5. The van der Waals surface area contributed by atoms with Gasteiger partial charge in [-0.1, -0.05) is 30.9 Å². The largest absolute Gasteiger partial charge is 0.489 e. The van der Waals surface area contributed by atoms with Crippen molar-refractivity contribution in [3.05, 3.63) is 36.4 Å². The molecule has 1 atom stereocenters. The number of carbonyl (C=O) groups is 1. The zero-order valence-corrected chi connectivity index (χ0v) is 12.1. The van der Waals surface area contributed by atoms with E-state index >= 15 is 0 Å². The normalized spacial score (nSPS) is 12.6. The Bertz CT molecular complexity index is 444. The zero-order valence-electron chi connectivity index (χ0n) is 12.1. The molecule has 104 valence electrons. The Kier molecular flexibility index (Phi) is 5.16. The highest BCUT2D eigenvalue weighted by Gasteiger charge is 2.19. The molecule has 0 bridgehead atoms. The molecule has 0 aliphatic rings. The van der Waals surface area contributed by atoms with Gasteiger partial charge in [0.05, 0.1) is 6.42 Å². The van der Waals surface area contributed by atoms with Crippen LogP contribution in [0.1, 0.15) is 39.7 Å². The molecular weight excluding hydrogens is 240 g/mol. The maximum Gasteiger partial charge on any atom is 0.310 e. The molecule has 0 spiro atoms. The van der Waals surface area contributed by atoms with Crippen molar-refractivity contribution in [3.63, 3.8) is 0 Å². The maximum absolute atomic E-state index is 11.7. The van der Waals surface area contributed by atoms with Gasteiger partial charge >= 0.3 is 5.97 Å². The third-order valence-electron chi connectivity index (χ3n) is 2.34. The van der Waals surface area contributed by atoms with E-state index < -0.39 is 5.60 Å². The second-order valence-electron chi connectivity index (χ2n) is 5.46. The summed E-state index contributed by atoms with van der Waals surface area (Å²) in [5, 5.41) is 0. The number of para-hydroxylation sites is 1. The van der Waals surface area contributed by atoms with Crippen molar-refractivity contribution in [2.45, 2.75) is 45.8 Å². The van der Waals surface area contributed by atoms with Crippen LogP contribution >= 0.6 is 0 Å². The Hall–Kier alpha value is -1.77. The van der Waals surface area contributed by atoms with Crippen LogP contribution in [0.5, 0.6) is 5.75 Å². The Labute approximate surface area is 115 Å². The van der Waals surface area contributed by atoms with Gasteiger partial charge in [0.25, 0.3) is 0 Å². The number of benzene rings is 1. The molecule has 0 aliphatic carbocycles. The fraction of sp³-hybridized carbons (Fsp3) is 0.438. The quantitative estimate of drug-likeness (QED) is 0.756. The molecule has 0 radical (unpaired) electrons. The molecule has 3 heteroatoms. The first kappa shape index (κ1) is 15.3. The SMILES string of the molecule is C=Cc1ccccc1OC(C)CC(=O)OC(C)(C)C. The lowest BCUT2D eigenvalue weighted by molar-refractivity contribution is -0.156. The van der Waals surface area contributed by atoms with Crippen LogP contribution in [0.2, 0.25) is 0 Å². The summed E-state index contributed by atoms with van der Waals surface area (Å²) in [5.74, 6) is 0.477. The summed E-state index contributed by atoms with van der Waals surface area (Å²) in [7, 11) is 0. The second-order valence-corrected chi connectivity index (χ2v) is 5.46. The van der Waals surface area contributed by atoms with E-state index in [1.807, 2.05) is 52.0 Å². The third-order valence-corrected chi connectivity index (χ3v) is 2.34. The van der Waals surface area contributed by atoms with Gasteiger partial charge < -0.3 is 9.47 Å². The lowest BCUT2D eigenvalue weighted by atomic mass is 10.2. The van der Waals surface area contributed by atoms with Gasteiger partial charge in [0.15, 0.2) is 0 Å². The molecule has 0 aliphatic heterocycles. The number of hydrogen-bond donors (Lipinski definition) is 0.